The fraction of sp³-hybridized carbons (Fsp3) is 0.200. The van der Waals surface area contributed by atoms with E-state index < -0.39 is 5.56 Å². The molecule has 0 spiro atoms. The minimum atomic E-state index is -0.539. The Kier molecular flexibility index (Phi) is 5.04. The lowest BCUT2D eigenvalue weighted by molar-refractivity contribution is 0.409. The van der Waals surface area contributed by atoms with E-state index >= 15 is 0 Å². The summed E-state index contributed by atoms with van der Waals surface area (Å²) in [6.45, 7) is 3.39. The van der Waals surface area contributed by atoms with E-state index in [0.717, 1.165) is 4.57 Å². The maximum Gasteiger partial charge on any atom is 0.281 e. The van der Waals surface area contributed by atoms with Crippen molar-refractivity contribution in [1.29, 1.82) is 5.26 Å². The van der Waals surface area contributed by atoms with Crippen molar-refractivity contribution in [2.24, 2.45) is 10.2 Å². The lowest BCUT2D eigenvalue weighted by Crippen LogP contribution is -2.20. The Morgan fingerprint density at radius 2 is 2.04 bits per heavy atom. The van der Waals surface area contributed by atoms with E-state index in [9.17, 15) is 9.90 Å². The van der Waals surface area contributed by atoms with Gasteiger partial charge >= 0.3 is 0 Å². The van der Waals surface area contributed by atoms with Crippen LogP contribution < -0.4 is 5.56 Å². The van der Waals surface area contributed by atoms with E-state index in [1.807, 2.05) is 6.07 Å². The Bertz CT molecular complexity index is 898. The molecule has 0 fully saturated rings. The van der Waals surface area contributed by atoms with Gasteiger partial charge in [-0.1, -0.05) is 29.3 Å². The molecule has 0 unspecified atom stereocenters. The van der Waals surface area contributed by atoms with Gasteiger partial charge in [-0.05, 0) is 26.0 Å². The number of rotatable bonds is 3. The molecule has 0 radical (unpaired) electrons. The van der Waals surface area contributed by atoms with Crippen LogP contribution in [0.25, 0.3) is 0 Å². The average molecular weight is 351 g/mol. The third-order valence-corrected chi connectivity index (χ3v) is 4.08. The molecule has 0 bridgehead atoms. The summed E-state index contributed by atoms with van der Waals surface area (Å²) in [5.74, 6) is -0.378. The second-order valence-electron chi connectivity index (χ2n) is 4.61. The highest BCUT2D eigenvalue weighted by atomic mass is 35.5. The zero-order chi connectivity index (χ0) is 17.1. The minimum absolute atomic E-state index is 0.0161. The summed E-state index contributed by atoms with van der Waals surface area (Å²) < 4.78 is 1.06. The van der Waals surface area contributed by atoms with Crippen LogP contribution in [0.2, 0.25) is 10.0 Å². The molecular weight excluding hydrogens is 339 g/mol. The maximum absolute atomic E-state index is 12.4. The molecule has 0 saturated heterocycles. The second kappa shape index (κ2) is 6.82. The molecule has 1 heterocycles. The van der Waals surface area contributed by atoms with E-state index in [-0.39, 0.29) is 34.3 Å². The van der Waals surface area contributed by atoms with Gasteiger partial charge in [0.15, 0.2) is 5.69 Å². The second-order valence-corrected chi connectivity index (χ2v) is 5.39. The van der Waals surface area contributed by atoms with Crippen molar-refractivity contribution in [2.45, 2.75) is 20.4 Å². The van der Waals surface area contributed by atoms with Crippen LogP contribution >= 0.6 is 23.2 Å². The van der Waals surface area contributed by atoms with Crippen LogP contribution in [-0.2, 0) is 6.54 Å². The number of pyridine rings is 1. The molecule has 2 rings (SSSR count). The molecule has 0 atom stereocenters. The smallest absolute Gasteiger partial charge is 0.281 e. The molecule has 8 heteroatoms. The third-order valence-electron chi connectivity index (χ3n) is 3.27. The van der Waals surface area contributed by atoms with Gasteiger partial charge in [0.2, 0.25) is 5.88 Å². The molecule has 0 aliphatic rings. The van der Waals surface area contributed by atoms with Crippen LogP contribution in [0.4, 0.5) is 11.4 Å². The Morgan fingerprint density at radius 1 is 1.35 bits per heavy atom. The zero-order valence-corrected chi connectivity index (χ0v) is 13.9. The summed E-state index contributed by atoms with van der Waals surface area (Å²) in [5, 5.41) is 27.5. The van der Waals surface area contributed by atoms with E-state index in [0.29, 0.717) is 10.7 Å². The molecule has 6 nitrogen and oxygen atoms in total. The topological polar surface area (TPSA) is 90.7 Å². The first-order chi connectivity index (χ1) is 10.9. The summed E-state index contributed by atoms with van der Waals surface area (Å²) >= 11 is 11.9. The van der Waals surface area contributed by atoms with Crippen molar-refractivity contribution in [3.8, 4) is 11.9 Å². The van der Waals surface area contributed by atoms with Gasteiger partial charge < -0.3 is 5.11 Å². The van der Waals surface area contributed by atoms with Crippen molar-refractivity contribution < 1.29 is 5.11 Å². The first-order valence-corrected chi connectivity index (χ1v) is 7.40. The number of azo groups is 1. The molecule has 0 saturated carbocycles. The largest absolute Gasteiger partial charge is 0.493 e. The summed E-state index contributed by atoms with van der Waals surface area (Å²) in [4.78, 5) is 12.4. The van der Waals surface area contributed by atoms with Gasteiger partial charge in [-0.2, -0.15) is 5.26 Å². The summed E-state index contributed by atoms with van der Waals surface area (Å²) in [5.41, 5.74) is -0.0348. The minimum Gasteiger partial charge on any atom is -0.493 e. The standard InChI is InChI=1S/C15H12Cl2N4O2/c1-3-21-14(22)9(7-18)8(2)13(15(21)23)20-19-11-6-4-5-10(16)12(11)17/h4-6,22H,3H2,1-2H3. The molecule has 1 aromatic carbocycles. The molecule has 0 aliphatic carbocycles. The van der Waals surface area contributed by atoms with Gasteiger partial charge in [-0.25, -0.2) is 0 Å². The van der Waals surface area contributed by atoms with Crippen molar-refractivity contribution in [3.63, 3.8) is 0 Å². The van der Waals surface area contributed by atoms with Crippen molar-refractivity contribution >= 4 is 34.6 Å². The normalized spacial score (nSPS) is 10.9. The Hall–Kier alpha value is -2.36. The molecule has 118 valence electrons. The Labute approximate surface area is 142 Å². The fourth-order valence-electron chi connectivity index (χ4n) is 2.02. The summed E-state index contributed by atoms with van der Waals surface area (Å²) in [6.07, 6.45) is 0. The number of hydrogen-bond acceptors (Lipinski definition) is 5. The fourth-order valence-corrected chi connectivity index (χ4v) is 2.36. The summed E-state index contributed by atoms with van der Waals surface area (Å²) in [7, 11) is 0. The number of nitrogens with zero attached hydrogens (tertiary/aromatic N) is 4. The number of hydrogen-bond donors (Lipinski definition) is 1. The number of nitriles is 1. The summed E-state index contributed by atoms with van der Waals surface area (Å²) in [6, 6.07) is 6.71. The Morgan fingerprint density at radius 3 is 2.65 bits per heavy atom. The molecule has 1 N–H and O–H groups in total. The van der Waals surface area contributed by atoms with Crippen LogP contribution in [-0.4, -0.2) is 9.67 Å². The van der Waals surface area contributed by atoms with Gasteiger partial charge in [0, 0.05) is 12.1 Å². The number of benzene rings is 1. The SMILES string of the molecule is CCn1c(O)c(C#N)c(C)c(N=Nc2cccc(Cl)c2Cl)c1=O. The first kappa shape index (κ1) is 17.0. The molecule has 2 aromatic rings. The van der Waals surface area contributed by atoms with Gasteiger partial charge in [-0.3, -0.25) is 9.36 Å². The van der Waals surface area contributed by atoms with Crippen molar-refractivity contribution in [2.75, 3.05) is 0 Å². The van der Waals surface area contributed by atoms with Crippen LogP contribution in [0.15, 0.2) is 33.2 Å². The van der Waals surface area contributed by atoms with E-state index in [4.69, 9.17) is 28.5 Å². The highest BCUT2D eigenvalue weighted by Gasteiger charge is 2.18. The molecule has 0 aliphatic heterocycles. The monoisotopic (exact) mass is 350 g/mol. The first-order valence-electron chi connectivity index (χ1n) is 6.64. The van der Waals surface area contributed by atoms with Gasteiger partial charge in [0.05, 0.1) is 10.0 Å². The number of aromatic hydroxyl groups is 1. The Balaban J connectivity index is 2.65. The van der Waals surface area contributed by atoms with Crippen LogP contribution in [0.3, 0.4) is 0 Å². The van der Waals surface area contributed by atoms with E-state index in [1.165, 1.54) is 6.92 Å². The lowest BCUT2D eigenvalue weighted by Gasteiger charge is -2.10. The highest BCUT2D eigenvalue weighted by Crippen LogP contribution is 2.33. The van der Waals surface area contributed by atoms with Gasteiger partial charge in [0.1, 0.15) is 17.3 Å². The molecular formula is C15H12Cl2N4O2. The van der Waals surface area contributed by atoms with E-state index in [2.05, 4.69) is 10.2 Å². The third kappa shape index (κ3) is 3.07. The van der Waals surface area contributed by atoms with E-state index in [1.54, 1.807) is 25.1 Å². The van der Waals surface area contributed by atoms with Crippen LogP contribution in [0, 0.1) is 18.3 Å². The van der Waals surface area contributed by atoms with Crippen molar-refractivity contribution in [3.05, 3.63) is 49.7 Å². The van der Waals surface area contributed by atoms with Crippen LogP contribution in [0.5, 0.6) is 5.88 Å². The van der Waals surface area contributed by atoms with Crippen LogP contribution in [0.1, 0.15) is 18.1 Å². The zero-order valence-electron chi connectivity index (χ0n) is 12.3. The number of halogens is 2. The highest BCUT2D eigenvalue weighted by molar-refractivity contribution is 6.43. The predicted octanol–water partition coefficient (Wildman–Crippen LogP) is 4.48. The van der Waals surface area contributed by atoms with Gasteiger partial charge in [0.25, 0.3) is 5.56 Å². The van der Waals surface area contributed by atoms with Crippen molar-refractivity contribution in [1.82, 2.24) is 4.57 Å². The predicted molar refractivity (Wildman–Crippen MR) is 88.1 cm³/mol. The molecule has 0 amide bonds. The van der Waals surface area contributed by atoms with Gasteiger partial charge in [-0.15, -0.1) is 10.2 Å². The maximum atomic E-state index is 12.4. The molecule has 23 heavy (non-hydrogen) atoms. The lowest BCUT2D eigenvalue weighted by atomic mass is 10.1. The average Bonchev–Trinajstić information content (AvgIpc) is 2.52. The number of aromatic nitrogens is 1. The quantitative estimate of drug-likeness (QED) is 0.827. The molecule has 1 aromatic heterocycles.